The lowest BCUT2D eigenvalue weighted by Gasteiger charge is -2.35. The quantitative estimate of drug-likeness (QED) is 0.524. The third-order valence-electron chi connectivity index (χ3n) is 5.92. The van der Waals surface area contributed by atoms with Gasteiger partial charge in [-0.1, -0.05) is 72.8 Å². The summed E-state index contributed by atoms with van der Waals surface area (Å²) in [5.41, 5.74) is 3.37. The number of carbonyl (C=O) groups is 1. The van der Waals surface area contributed by atoms with E-state index in [4.69, 9.17) is 0 Å². The molecule has 1 amide bonds. The van der Waals surface area contributed by atoms with Crippen molar-refractivity contribution in [3.8, 4) is 0 Å². The van der Waals surface area contributed by atoms with Gasteiger partial charge in [-0.15, -0.1) is 0 Å². The van der Waals surface area contributed by atoms with Gasteiger partial charge in [0.1, 0.15) is 5.82 Å². The van der Waals surface area contributed by atoms with Crippen LogP contribution in [0.15, 0.2) is 84.9 Å². The number of nitrogens with zero attached hydrogens (tertiary/aromatic N) is 2. The number of likely N-dealkylation sites (tertiary alicyclic amines) is 1. The van der Waals surface area contributed by atoms with E-state index in [0.717, 1.165) is 49.2 Å². The van der Waals surface area contributed by atoms with E-state index in [1.807, 2.05) is 53.4 Å². The summed E-state index contributed by atoms with van der Waals surface area (Å²) in [5.74, 6) is -0.00829. The van der Waals surface area contributed by atoms with Crippen LogP contribution in [-0.4, -0.2) is 28.8 Å². The van der Waals surface area contributed by atoms with Crippen molar-refractivity contribution < 1.29 is 9.18 Å². The molecule has 0 radical (unpaired) electrons. The van der Waals surface area contributed by atoms with Gasteiger partial charge < -0.3 is 4.90 Å². The predicted molar refractivity (Wildman–Crippen MR) is 122 cm³/mol. The Labute approximate surface area is 184 Å². The van der Waals surface area contributed by atoms with Gasteiger partial charge in [-0.2, -0.15) is 0 Å². The summed E-state index contributed by atoms with van der Waals surface area (Å²) in [6.45, 7) is 3.70. The molecule has 1 saturated heterocycles. The molecule has 0 spiro atoms. The first kappa shape index (κ1) is 21.3. The number of benzene rings is 3. The maximum Gasteiger partial charge on any atom is 0.227 e. The molecule has 1 aliphatic rings. The Bertz CT molecular complexity index is 918. The third kappa shape index (κ3) is 6.02. The maximum atomic E-state index is 13.6. The molecule has 4 heteroatoms. The SMILES string of the molecule is O=C(C1CCCN(Cc2ccc(F)cc2)C1)N(Cc1ccccc1)Cc1ccccc1. The molecule has 1 unspecified atom stereocenters. The highest BCUT2D eigenvalue weighted by atomic mass is 19.1. The van der Waals surface area contributed by atoms with Crippen molar-refractivity contribution in [1.82, 2.24) is 9.80 Å². The van der Waals surface area contributed by atoms with Crippen LogP contribution in [0.5, 0.6) is 0 Å². The monoisotopic (exact) mass is 416 g/mol. The van der Waals surface area contributed by atoms with Gasteiger partial charge in [0.05, 0.1) is 5.92 Å². The molecule has 4 rings (SSSR count). The summed E-state index contributed by atoms with van der Waals surface area (Å²) in [6, 6.07) is 27.1. The summed E-state index contributed by atoms with van der Waals surface area (Å²) in [7, 11) is 0. The van der Waals surface area contributed by atoms with Gasteiger partial charge in [-0.3, -0.25) is 9.69 Å². The van der Waals surface area contributed by atoms with Crippen molar-refractivity contribution in [2.75, 3.05) is 13.1 Å². The summed E-state index contributed by atoms with van der Waals surface area (Å²) < 4.78 is 13.2. The van der Waals surface area contributed by atoms with E-state index in [-0.39, 0.29) is 17.6 Å². The Hall–Kier alpha value is -2.98. The maximum absolute atomic E-state index is 13.6. The Morgan fingerprint density at radius 2 is 1.42 bits per heavy atom. The molecule has 0 aliphatic carbocycles. The number of piperidine rings is 1. The fourth-order valence-corrected chi connectivity index (χ4v) is 4.33. The van der Waals surface area contributed by atoms with Gasteiger partial charge in [-0.05, 0) is 48.2 Å². The van der Waals surface area contributed by atoms with Gasteiger partial charge in [-0.25, -0.2) is 4.39 Å². The van der Waals surface area contributed by atoms with Gasteiger partial charge >= 0.3 is 0 Å². The highest BCUT2D eigenvalue weighted by Crippen LogP contribution is 2.23. The van der Waals surface area contributed by atoms with E-state index in [1.165, 1.54) is 12.1 Å². The van der Waals surface area contributed by atoms with E-state index in [2.05, 4.69) is 29.2 Å². The van der Waals surface area contributed by atoms with Crippen molar-refractivity contribution >= 4 is 5.91 Å². The number of halogens is 1. The first-order chi connectivity index (χ1) is 15.2. The normalized spacial score (nSPS) is 16.7. The predicted octanol–water partition coefficient (Wildman–Crippen LogP) is 5.27. The molecule has 0 saturated carbocycles. The summed E-state index contributed by atoms with van der Waals surface area (Å²) in [6.07, 6.45) is 1.92. The summed E-state index contributed by atoms with van der Waals surface area (Å²) in [4.78, 5) is 17.9. The zero-order valence-electron chi connectivity index (χ0n) is 17.8. The Kier molecular flexibility index (Phi) is 7.11. The molecule has 3 aromatic rings. The average molecular weight is 417 g/mol. The fraction of sp³-hybridized carbons (Fsp3) is 0.296. The first-order valence-electron chi connectivity index (χ1n) is 11.0. The second-order valence-corrected chi connectivity index (χ2v) is 8.37. The standard InChI is InChI=1S/C27H29FN2O/c28-26-15-13-24(14-16-26)18-29-17-7-12-25(21-29)27(31)30(19-22-8-3-1-4-9-22)20-23-10-5-2-6-11-23/h1-6,8-11,13-16,25H,7,12,17-21H2. The number of amides is 1. The Morgan fingerprint density at radius 3 is 2.00 bits per heavy atom. The second-order valence-electron chi connectivity index (χ2n) is 8.37. The summed E-state index contributed by atoms with van der Waals surface area (Å²) >= 11 is 0. The van der Waals surface area contributed by atoms with Crippen LogP contribution in [0, 0.1) is 11.7 Å². The van der Waals surface area contributed by atoms with Crippen molar-refractivity contribution in [3.05, 3.63) is 107 Å². The van der Waals surface area contributed by atoms with Gasteiger partial charge in [0.2, 0.25) is 5.91 Å². The molecule has 160 valence electrons. The molecule has 3 nitrogen and oxygen atoms in total. The zero-order chi connectivity index (χ0) is 21.5. The molecule has 0 bridgehead atoms. The molecule has 1 atom stereocenters. The molecule has 0 aromatic heterocycles. The Balaban J connectivity index is 1.46. The van der Waals surface area contributed by atoms with Crippen LogP contribution < -0.4 is 0 Å². The van der Waals surface area contributed by atoms with Crippen molar-refractivity contribution in [1.29, 1.82) is 0 Å². The van der Waals surface area contributed by atoms with E-state index in [0.29, 0.717) is 13.1 Å². The van der Waals surface area contributed by atoms with E-state index in [1.54, 1.807) is 0 Å². The Morgan fingerprint density at radius 1 is 0.839 bits per heavy atom. The van der Waals surface area contributed by atoms with Crippen LogP contribution in [0.1, 0.15) is 29.5 Å². The number of carbonyl (C=O) groups excluding carboxylic acids is 1. The van der Waals surface area contributed by atoms with Crippen molar-refractivity contribution in [2.24, 2.45) is 5.92 Å². The molecule has 1 aliphatic heterocycles. The van der Waals surface area contributed by atoms with Gasteiger partial charge in [0.25, 0.3) is 0 Å². The molecule has 31 heavy (non-hydrogen) atoms. The number of rotatable bonds is 7. The fourth-order valence-electron chi connectivity index (χ4n) is 4.33. The number of hydrogen-bond donors (Lipinski definition) is 0. The van der Waals surface area contributed by atoms with Crippen molar-refractivity contribution in [2.45, 2.75) is 32.5 Å². The van der Waals surface area contributed by atoms with Crippen LogP contribution >= 0.6 is 0 Å². The molecular weight excluding hydrogens is 387 g/mol. The van der Waals surface area contributed by atoms with E-state index in [9.17, 15) is 9.18 Å². The molecule has 1 heterocycles. The lowest BCUT2D eigenvalue weighted by atomic mass is 9.95. The first-order valence-corrected chi connectivity index (χ1v) is 11.0. The van der Waals surface area contributed by atoms with Crippen LogP contribution in [-0.2, 0) is 24.4 Å². The highest BCUT2D eigenvalue weighted by Gasteiger charge is 2.29. The van der Waals surface area contributed by atoms with Crippen LogP contribution in [0.2, 0.25) is 0 Å². The largest absolute Gasteiger partial charge is 0.334 e. The smallest absolute Gasteiger partial charge is 0.227 e. The van der Waals surface area contributed by atoms with Gasteiger partial charge in [0.15, 0.2) is 0 Å². The second kappa shape index (κ2) is 10.4. The molecule has 0 N–H and O–H groups in total. The lowest BCUT2D eigenvalue weighted by Crippen LogP contribution is -2.44. The minimum Gasteiger partial charge on any atom is -0.334 e. The van der Waals surface area contributed by atoms with Gasteiger partial charge in [0, 0.05) is 26.2 Å². The van der Waals surface area contributed by atoms with Crippen LogP contribution in [0.3, 0.4) is 0 Å². The van der Waals surface area contributed by atoms with E-state index < -0.39 is 0 Å². The minimum absolute atomic E-state index is 0.0124. The highest BCUT2D eigenvalue weighted by molar-refractivity contribution is 5.79. The third-order valence-corrected chi connectivity index (χ3v) is 5.92. The minimum atomic E-state index is -0.215. The average Bonchev–Trinajstić information content (AvgIpc) is 2.81. The van der Waals surface area contributed by atoms with E-state index >= 15 is 0 Å². The zero-order valence-corrected chi connectivity index (χ0v) is 17.8. The number of hydrogen-bond acceptors (Lipinski definition) is 2. The topological polar surface area (TPSA) is 23.6 Å². The van der Waals surface area contributed by atoms with Crippen LogP contribution in [0.4, 0.5) is 4.39 Å². The molecule has 1 fully saturated rings. The van der Waals surface area contributed by atoms with Crippen LogP contribution in [0.25, 0.3) is 0 Å². The lowest BCUT2D eigenvalue weighted by molar-refractivity contribution is -0.138. The molecular formula is C27H29FN2O. The van der Waals surface area contributed by atoms with Crippen molar-refractivity contribution in [3.63, 3.8) is 0 Å². The summed E-state index contributed by atoms with van der Waals surface area (Å²) in [5, 5.41) is 0. The molecule has 3 aromatic carbocycles.